The van der Waals surface area contributed by atoms with Crippen LogP contribution in [0, 0.1) is 15.9 Å². The van der Waals surface area contributed by atoms with E-state index in [0.717, 1.165) is 4.90 Å². The summed E-state index contributed by atoms with van der Waals surface area (Å²) in [7, 11) is 0. The zero-order chi connectivity index (χ0) is 21.0. The quantitative estimate of drug-likeness (QED) is 0.432. The van der Waals surface area contributed by atoms with Crippen LogP contribution in [0.15, 0.2) is 42.5 Å². The average Bonchev–Trinajstić information content (AvgIpc) is 2.68. The summed E-state index contributed by atoms with van der Waals surface area (Å²) in [6.07, 6.45) is 0. The van der Waals surface area contributed by atoms with E-state index < -0.39 is 10.7 Å². The molecular weight excluding hydrogens is 379 g/mol. The topological polar surface area (TPSA) is 97.0 Å². The molecule has 8 nitrogen and oxygen atoms in total. The van der Waals surface area contributed by atoms with E-state index in [1.807, 2.05) is 4.90 Å². The van der Waals surface area contributed by atoms with E-state index in [1.54, 1.807) is 18.2 Å². The third-order valence-electron chi connectivity index (χ3n) is 4.91. The van der Waals surface area contributed by atoms with Crippen LogP contribution in [0.4, 0.5) is 21.5 Å². The van der Waals surface area contributed by atoms with Crippen molar-refractivity contribution < 1.29 is 23.8 Å². The van der Waals surface area contributed by atoms with Crippen molar-refractivity contribution >= 4 is 28.8 Å². The lowest BCUT2D eigenvalue weighted by Crippen LogP contribution is -3.15. The molecule has 0 saturated carbocycles. The minimum atomic E-state index is -0.479. The molecule has 152 valence electrons. The van der Waals surface area contributed by atoms with Gasteiger partial charge in [-0.25, -0.2) is 4.39 Å². The Kier molecular flexibility index (Phi) is 6.18. The smallest absolute Gasteiger partial charge is 0.293 e. The lowest BCUT2D eigenvalue weighted by Gasteiger charge is -2.33. The minimum absolute atomic E-state index is 0.0926. The van der Waals surface area contributed by atoms with Crippen molar-refractivity contribution in [3.05, 3.63) is 64.0 Å². The van der Waals surface area contributed by atoms with Gasteiger partial charge in [-0.1, -0.05) is 6.07 Å². The number of hydrogen-bond acceptors (Lipinski definition) is 5. The fourth-order valence-corrected chi connectivity index (χ4v) is 3.40. The number of anilines is 2. The van der Waals surface area contributed by atoms with Crippen LogP contribution in [0.2, 0.25) is 0 Å². The Balaban J connectivity index is 1.60. The highest BCUT2D eigenvalue weighted by Gasteiger charge is 2.27. The Labute approximate surface area is 167 Å². The second kappa shape index (κ2) is 8.78. The predicted octanol–water partition coefficient (Wildman–Crippen LogP) is 1.28. The van der Waals surface area contributed by atoms with Crippen molar-refractivity contribution in [2.45, 2.75) is 6.92 Å². The first-order chi connectivity index (χ1) is 13.8. The molecule has 1 aliphatic rings. The number of nitro groups is 1. The van der Waals surface area contributed by atoms with Gasteiger partial charge in [-0.3, -0.25) is 19.7 Å². The van der Waals surface area contributed by atoms with Gasteiger partial charge in [0.05, 0.1) is 31.1 Å². The highest BCUT2D eigenvalue weighted by Crippen LogP contribution is 2.29. The molecule has 0 bridgehead atoms. The van der Waals surface area contributed by atoms with Crippen LogP contribution in [0.1, 0.15) is 17.3 Å². The van der Waals surface area contributed by atoms with Gasteiger partial charge in [0.15, 0.2) is 12.3 Å². The van der Waals surface area contributed by atoms with E-state index in [1.165, 1.54) is 31.2 Å². The number of quaternary nitrogens is 1. The van der Waals surface area contributed by atoms with Crippen LogP contribution in [0.5, 0.6) is 0 Å². The summed E-state index contributed by atoms with van der Waals surface area (Å²) in [5.41, 5.74) is 1.10. The molecule has 0 aliphatic carbocycles. The molecule has 2 N–H and O–H groups in total. The predicted molar refractivity (Wildman–Crippen MR) is 106 cm³/mol. The zero-order valence-electron chi connectivity index (χ0n) is 16.0. The van der Waals surface area contributed by atoms with E-state index in [-0.39, 0.29) is 23.9 Å². The highest BCUT2D eigenvalue weighted by atomic mass is 19.1. The number of ketones is 1. The van der Waals surface area contributed by atoms with Crippen molar-refractivity contribution in [3.63, 3.8) is 0 Å². The van der Waals surface area contributed by atoms with Gasteiger partial charge in [-0.2, -0.15) is 0 Å². The van der Waals surface area contributed by atoms with E-state index >= 15 is 0 Å². The molecule has 1 heterocycles. The fourth-order valence-electron chi connectivity index (χ4n) is 3.40. The molecule has 1 aliphatic heterocycles. The van der Waals surface area contributed by atoms with Crippen LogP contribution in [0.3, 0.4) is 0 Å². The molecule has 3 rings (SSSR count). The van der Waals surface area contributed by atoms with Crippen molar-refractivity contribution in [2.75, 3.05) is 42.9 Å². The number of carbonyl (C=O) groups is 2. The number of nitro benzene ring substituents is 1. The standard InChI is InChI=1S/C20H21FN4O4/c1-14(26)15-5-6-18(19(11-15)25(28)29)24-9-7-23(8-10-24)13-20(27)22-17-4-2-3-16(21)12-17/h2-6,11-12H,7-10,13H2,1H3,(H,22,27)/p+1. The molecule has 0 aromatic heterocycles. The number of amides is 1. The Morgan fingerprint density at radius 2 is 1.93 bits per heavy atom. The van der Waals surface area contributed by atoms with Crippen LogP contribution < -0.4 is 15.1 Å². The molecule has 1 fully saturated rings. The molecule has 0 unspecified atom stereocenters. The Hall–Kier alpha value is -3.33. The van der Waals surface area contributed by atoms with Gasteiger partial charge in [0.25, 0.3) is 11.6 Å². The third-order valence-corrected chi connectivity index (χ3v) is 4.91. The monoisotopic (exact) mass is 401 g/mol. The van der Waals surface area contributed by atoms with Crippen LogP contribution in [-0.2, 0) is 4.79 Å². The number of hydrogen-bond donors (Lipinski definition) is 2. The lowest BCUT2D eigenvalue weighted by atomic mass is 10.1. The van der Waals surface area contributed by atoms with Crippen molar-refractivity contribution in [1.82, 2.24) is 0 Å². The lowest BCUT2D eigenvalue weighted by molar-refractivity contribution is -0.892. The van der Waals surface area contributed by atoms with Gasteiger partial charge < -0.3 is 15.1 Å². The first-order valence-electron chi connectivity index (χ1n) is 9.27. The summed E-state index contributed by atoms with van der Waals surface area (Å²) in [4.78, 5) is 37.6. The normalized spacial score (nSPS) is 14.5. The molecular formula is C20H22FN4O4+. The first-order valence-corrected chi connectivity index (χ1v) is 9.27. The minimum Gasteiger partial charge on any atom is -0.355 e. The third kappa shape index (κ3) is 5.14. The summed E-state index contributed by atoms with van der Waals surface area (Å²) in [5.74, 6) is -0.852. The van der Waals surface area contributed by atoms with Gasteiger partial charge >= 0.3 is 0 Å². The van der Waals surface area contributed by atoms with Crippen molar-refractivity contribution in [2.24, 2.45) is 0 Å². The maximum atomic E-state index is 13.2. The largest absolute Gasteiger partial charge is 0.355 e. The number of piperazine rings is 1. The fraction of sp³-hybridized carbons (Fsp3) is 0.300. The second-order valence-electron chi connectivity index (χ2n) is 6.99. The Morgan fingerprint density at radius 1 is 1.21 bits per heavy atom. The van der Waals surface area contributed by atoms with E-state index in [0.29, 0.717) is 43.1 Å². The number of carbonyl (C=O) groups excluding carboxylic acids is 2. The molecule has 29 heavy (non-hydrogen) atoms. The van der Waals surface area contributed by atoms with E-state index in [4.69, 9.17) is 0 Å². The number of rotatable bonds is 6. The summed E-state index contributed by atoms with van der Waals surface area (Å²) < 4.78 is 13.2. The molecule has 2 aromatic rings. The summed E-state index contributed by atoms with van der Waals surface area (Å²) in [5, 5.41) is 14.1. The Bertz CT molecular complexity index is 942. The first kappa shape index (κ1) is 20.4. The van der Waals surface area contributed by atoms with Crippen molar-refractivity contribution in [1.29, 1.82) is 0 Å². The van der Waals surface area contributed by atoms with Gasteiger partial charge in [0.1, 0.15) is 11.5 Å². The van der Waals surface area contributed by atoms with Gasteiger partial charge in [-0.05, 0) is 37.3 Å². The van der Waals surface area contributed by atoms with Gasteiger partial charge in [0, 0.05) is 17.3 Å². The van der Waals surface area contributed by atoms with Crippen LogP contribution in [-0.4, -0.2) is 49.3 Å². The number of halogens is 1. The maximum Gasteiger partial charge on any atom is 0.293 e. The molecule has 0 atom stereocenters. The maximum absolute atomic E-state index is 13.2. The van der Waals surface area contributed by atoms with Crippen molar-refractivity contribution in [3.8, 4) is 0 Å². The molecule has 0 spiro atoms. The SMILES string of the molecule is CC(=O)c1ccc(N2CC[NH+](CC(=O)Nc3cccc(F)c3)CC2)c([N+](=O)[O-])c1. The summed E-state index contributed by atoms with van der Waals surface area (Å²) >= 11 is 0. The average molecular weight is 401 g/mol. The number of benzene rings is 2. The zero-order valence-corrected chi connectivity index (χ0v) is 16.0. The number of nitrogens with one attached hydrogen (secondary N) is 2. The van der Waals surface area contributed by atoms with E-state index in [2.05, 4.69) is 5.32 Å². The van der Waals surface area contributed by atoms with E-state index in [9.17, 15) is 24.1 Å². The second-order valence-corrected chi connectivity index (χ2v) is 6.99. The number of nitrogens with zero attached hydrogens (tertiary/aromatic N) is 2. The molecule has 0 radical (unpaired) electrons. The molecule has 2 aromatic carbocycles. The van der Waals surface area contributed by atoms with Gasteiger partial charge in [0.2, 0.25) is 0 Å². The molecule has 1 amide bonds. The highest BCUT2D eigenvalue weighted by molar-refractivity contribution is 5.95. The van der Waals surface area contributed by atoms with Crippen LogP contribution in [0.25, 0.3) is 0 Å². The van der Waals surface area contributed by atoms with Gasteiger partial charge in [-0.15, -0.1) is 0 Å². The summed E-state index contributed by atoms with van der Waals surface area (Å²) in [6.45, 7) is 3.95. The Morgan fingerprint density at radius 3 is 2.55 bits per heavy atom. The summed E-state index contributed by atoms with van der Waals surface area (Å²) in [6, 6.07) is 10.2. The molecule has 1 saturated heterocycles. The molecule has 9 heteroatoms. The van der Waals surface area contributed by atoms with Crippen LogP contribution >= 0.6 is 0 Å². The number of Topliss-reactive ketones (excluding diaryl/α,β-unsaturated/α-hetero) is 1.